The third kappa shape index (κ3) is 4.77. The molecule has 4 heteroatoms. The zero-order valence-electron chi connectivity index (χ0n) is 11.1. The molecule has 1 atom stereocenters. The van der Waals surface area contributed by atoms with Gasteiger partial charge in [0.2, 0.25) is 0 Å². The van der Waals surface area contributed by atoms with E-state index in [0.717, 1.165) is 18.5 Å². The Morgan fingerprint density at radius 3 is 2.56 bits per heavy atom. The highest BCUT2D eigenvalue weighted by molar-refractivity contribution is 6.35. The fraction of sp³-hybridized carbons (Fsp3) is 0.571. The first-order chi connectivity index (χ1) is 8.35. The fourth-order valence-electron chi connectivity index (χ4n) is 1.78. The van der Waals surface area contributed by atoms with Gasteiger partial charge in [0.05, 0.1) is 0 Å². The monoisotopic (exact) mass is 289 g/mol. The van der Waals surface area contributed by atoms with E-state index in [2.05, 4.69) is 26.1 Å². The summed E-state index contributed by atoms with van der Waals surface area (Å²) in [4.78, 5) is 0. The molecule has 2 N–H and O–H groups in total. The normalized spacial score (nSPS) is 13.7. The van der Waals surface area contributed by atoms with Gasteiger partial charge in [-0.2, -0.15) is 0 Å². The van der Waals surface area contributed by atoms with E-state index in [4.69, 9.17) is 28.3 Å². The van der Waals surface area contributed by atoms with Crippen molar-refractivity contribution in [1.82, 2.24) is 5.32 Å². The molecule has 0 radical (unpaired) electrons. The highest BCUT2D eigenvalue weighted by Crippen LogP contribution is 2.27. The molecule has 1 rings (SSSR count). The van der Waals surface area contributed by atoms with Gasteiger partial charge in [-0.25, -0.2) is 0 Å². The Bertz CT molecular complexity index is 393. The summed E-state index contributed by atoms with van der Waals surface area (Å²) in [5, 5.41) is 13.8. The van der Waals surface area contributed by atoms with Gasteiger partial charge >= 0.3 is 0 Å². The van der Waals surface area contributed by atoms with Gasteiger partial charge in [-0.3, -0.25) is 0 Å². The Morgan fingerprint density at radius 2 is 2.00 bits per heavy atom. The maximum atomic E-state index is 9.00. The van der Waals surface area contributed by atoms with Crippen LogP contribution >= 0.6 is 23.2 Å². The molecule has 0 bridgehead atoms. The van der Waals surface area contributed by atoms with Crippen LogP contribution in [0, 0.1) is 5.41 Å². The van der Waals surface area contributed by atoms with Crippen LogP contribution in [0.15, 0.2) is 18.2 Å². The Morgan fingerprint density at radius 1 is 1.33 bits per heavy atom. The van der Waals surface area contributed by atoms with Crippen molar-refractivity contribution < 1.29 is 5.11 Å². The van der Waals surface area contributed by atoms with E-state index in [-0.39, 0.29) is 18.1 Å². The van der Waals surface area contributed by atoms with Crippen LogP contribution in [-0.2, 0) is 0 Å². The van der Waals surface area contributed by atoms with E-state index in [1.54, 1.807) is 6.07 Å². The summed E-state index contributed by atoms with van der Waals surface area (Å²) in [6, 6.07) is 5.71. The number of nitrogens with one attached hydrogen (secondary N) is 1. The Balaban J connectivity index is 2.63. The van der Waals surface area contributed by atoms with E-state index >= 15 is 0 Å². The molecule has 0 fully saturated rings. The van der Waals surface area contributed by atoms with Gasteiger partial charge in [-0.05, 0) is 36.5 Å². The van der Waals surface area contributed by atoms with E-state index in [1.807, 2.05) is 12.1 Å². The van der Waals surface area contributed by atoms with Crippen LogP contribution in [0.5, 0.6) is 0 Å². The van der Waals surface area contributed by atoms with Crippen LogP contribution in [0.2, 0.25) is 10.0 Å². The zero-order valence-corrected chi connectivity index (χ0v) is 12.6. The molecule has 18 heavy (non-hydrogen) atoms. The molecule has 1 aromatic carbocycles. The summed E-state index contributed by atoms with van der Waals surface area (Å²) in [6.07, 6.45) is 0.779. The molecule has 102 valence electrons. The summed E-state index contributed by atoms with van der Waals surface area (Å²) < 4.78 is 0. The Labute approximate surface area is 119 Å². The maximum absolute atomic E-state index is 9.00. The number of rotatable bonds is 6. The second-order valence-corrected chi connectivity index (χ2v) is 6.25. The lowest BCUT2D eigenvalue weighted by Gasteiger charge is -2.27. The summed E-state index contributed by atoms with van der Waals surface area (Å²) in [6.45, 7) is 7.38. The van der Waals surface area contributed by atoms with Crippen LogP contribution in [0.3, 0.4) is 0 Å². The highest BCUT2D eigenvalue weighted by Gasteiger charge is 2.19. The molecule has 0 aliphatic carbocycles. The van der Waals surface area contributed by atoms with Crippen molar-refractivity contribution in [2.75, 3.05) is 13.2 Å². The van der Waals surface area contributed by atoms with E-state index < -0.39 is 0 Å². The van der Waals surface area contributed by atoms with Crippen molar-refractivity contribution in [2.24, 2.45) is 5.41 Å². The second kappa shape index (κ2) is 6.76. The van der Waals surface area contributed by atoms with Crippen LogP contribution in [0.1, 0.15) is 38.8 Å². The van der Waals surface area contributed by atoms with Gasteiger partial charge in [0.25, 0.3) is 0 Å². The van der Waals surface area contributed by atoms with Crippen LogP contribution in [0.4, 0.5) is 0 Å². The van der Waals surface area contributed by atoms with Gasteiger partial charge in [-0.15, -0.1) is 0 Å². The molecule has 0 spiro atoms. The smallest absolute Gasteiger partial charge is 0.0468 e. The largest absolute Gasteiger partial charge is 0.396 e. The standard InChI is InChI=1S/C14H21Cl2NO/c1-10(17-9-14(2,3)6-7-18)12-5-4-11(15)8-13(12)16/h4-5,8,10,17-18H,6-7,9H2,1-3H3. The maximum Gasteiger partial charge on any atom is 0.0468 e. The van der Waals surface area contributed by atoms with E-state index in [9.17, 15) is 0 Å². The topological polar surface area (TPSA) is 32.3 Å². The third-order valence-electron chi connectivity index (χ3n) is 3.10. The lowest BCUT2D eigenvalue weighted by molar-refractivity contribution is 0.204. The number of aliphatic hydroxyl groups is 1. The molecule has 0 aromatic heterocycles. The lowest BCUT2D eigenvalue weighted by atomic mass is 9.89. The molecular weight excluding hydrogens is 269 g/mol. The van der Waals surface area contributed by atoms with E-state index in [0.29, 0.717) is 10.0 Å². The minimum Gasteiger partial charge on any atom is -0.396 e. The summed E-state index contributed by atoms with van der Waals surface area (Å²) >= 11 is 12.1. The first-order valence-corrected chi connectivity index (χ1v) is 6.90. The van der Waals surface area contributed by atoms with Crippen LogP contribution < -0.4 is 5.32 Å². The average molecular weight is 290 g/mol. The molecule has 0 amide bonds. The van der Waals surface area contributed by atoms with Crippen molar-refractivity contribution in [3.05, 3.63) is 33.8 Å². The molecule has 0 saturated carbocycles. The first kappa shape index (κ1) is 15.8. The molecule has 1 aromatic rings. The SMILES string of the molecule is CC(NCC(C)(C)CCO)c1ccc(Cl)cc1Cl. The minimum atomic E-state index is 0.0713. The van der Waals surface area contributed by atoms with E-state index in [1.165, 1.54) is 0 Å². The Kier molecular flexibility index (Phi) is 5.93. The van der Waals surface area contributed by atoms with Gasteiger partial charge < -0.3 is 10.4 Å². The van der Waals surface area contributed by atoms with Crippen molar-refractivity contribution in [3.63, 3.8) is 0 Å². The van der Waals surface area contributed by atoms with Crippen LogP contribution in [0.25, 0.3) is 0 Å². The summed E-state index contributed by atoms with van der Waals surface area (Å²) in [7, 11) is 0. The van der Waals surface area contributed by atoms with Crippen molar-refractivity contribution >= 4 is 23.2 Å². The number of halogens is 2. The predicted molar refractivity (Wildman–Crippen MR) is 78.4 cm³/mol. The van der Waals surface area contributed by atoms with Gasteiger partial charge in [0, 0.05) is 29.2 Å². The molecular formula is C14H21Cl2NO. The minimum absolute atomic E-state index is 0.0713. The van der Waals surface area contributed by atoms with Crippen molar-refractivity contribution in [2.45, 2.75) is 33.2 Å². The van der Waals surface area contributed by atoms with Crippen molar-refractivity contribution in [1.29, 1.82) is 0 Å². The lowest BCUT2D eigenvalue weighted by Crippen LogP contribution is -2.32. The third-order valence-corrected chi connectivity index (χ3v) is 3.67. The molecule has 0 aliphatic heterocycles. The molecule has 0 aliphatic rings. The fourth-order valence-corrected chi connectivity index (χ4v) is 2.36. The molecule has 2 nitrogen and oxygen atoms in total. The number of hydrogen-bond donors (Lipinski definition) is 2. The number of aliphatic hydroxyl groups excluding tert-OH is 1. The number of hydrogen-bond acceptors (Lipinski definition) is 2. The second-order valence-electron chi connectivity index (χ2n) is 5.41. The highest BCUT2D eigenvalue weighted by atomic mass is 35.5. The Hall–Kier alpha value is -0.280. The van der Waals surface area contributed by atoms with Gasteiger partial charge in [-0.1, -0.05) is 43.1 Å². The molecule has 1 unspecified atom stereocenters. The first-order valence-electron chi connectivity index (χ1n) is 6.15. The average Bonchev–Trinajstić information content (AvgIpc) is 2.26. The quantitative estimate of drug-likeness (QED) is 0.828. The van der Waals surface area contributed by atoms with Crippen LogP contribution in [-0.4, -0.2) is 18.3 Å². The predicted octanol–water partition coefficient (Wildman–Crippen LogP) is 4.05. The molecule has 0 saturated heterocycles. The summed E-state index contributed by atoms with van der Waals surface area (Å²) in [5.41, 5.74) is 1.11. The summed E-state index contributed by atoms with van der Waals surface area (Å²) in [5.74, 6) is 0. The van der Waals surface area contributed by atoms with Gasteiger partial charge in [0.15, 0.2) is 0 Å². The van der Waals surface area contributed by atoms with Crippen molar-refractivity contribution in [3.8, 4) is 0 Å². The molecule has 0 heterocycles. The zero-order chi connectivity index (χ0) is 13.8. The van der Waals surface area contributed by atoms with Gasteiger partial charge in [0.1, 0.15) is 0 Å². The number of benzene rings is 1.